The SMILES string of the molecule is CCNCc1ccc(Cl)c(S(=O)(=O)N(C)CC(C)C)c1. The van der Waals surface area contributed by atoms with E-state index in [1.165, 1.54) is 4.31 Å². The summed E-state index contributed by atoms with van der Waals surface area (Å²) in [5.74, 6) is 0.262. The first-order valence-corrected chi connectivity index (χ1v) is 8.56. The molecule has 0 fully saturated rings. The molecule has 1 aromatic rings. The number of rotatable bonds is 7. The number of nitrogens with zero attached hydrogens (tertiary/aromatic N) is 1. The fraction of sp³-hybridized carbons (Fsp3) is 0.571. The summed E-state index contributed by atoms with van der Waals surface area (Å²) >= 11 is 6.07. The Balaban J connectivity index is 3.10. The van der Waals surface area contributed by atoms with E-state index in [-0.39, 0.29) is 15.8 Å². The van der Waals surface area contributed by atoms with Crippen LogP contribution in [0.4, 0.5) is 0 Å². The lowest BCUT2D eigenvalue weighted by molar-refractivity contribution is 0.417. The highest BCUT2D eigenvalue weighted by Gasteiger charge is 2.24. The molecule has 0 spiro atoms. The summed E-state index contributed by atoms with van der Waals surface area (Å²) in [6, 6.07) is 5.13. The van der Waals surface area contributed by atoms with Gasteiger partial charge in [-0.3, -0.25) is 0 Å². The van der Waals surface area contributed by atoms with Crippen LogP contribution >= 0.6 is 11.6 Å². The Kier molecular flexibility index (Phi) is 6.45. The maximum atomic E-state index is 12.5. The molecule has 0 bridgehead atoms. The van der Waals surface area contributed by atoms with Crippen LogP contribution in [0, 0.1) is 5.92 Å². The van der Waals surface area contributed by atoms with Crippen molar-refractivity contribution in [3.8, 4) is 0 Å². The highest BCUT2D eigenvalue weighted by molar-refractivity contribution is 7.89. The predicted octanol–water partition coefficient (Wildman–Crippen LogP) is 2.73. The summed E-state index contributed by atoms with van der Waals surface area (Å²) in [6.07, 6.45) is 0. The number of hydrogen-bond acceptors (Lipinski definition) is 3. The molecule has 1 aromatic carbocycles. The third kappa shape index (κ3) is 4.45. The molecule has 1 N–H and O–H groups in total. The lowest BCUT2D eigenvalue weighted by Crippen LogP contribution is -2.30. The fourth-order valence-corrected chi connectivity index (χ4v) is 3.76. The lowest BCUT2D eigenvalue weighted by Gasteiger charge is -2.20. The Morgan fingerprint density at radius 1 is 1.35 bits per heavy atom. The standard InChI is InChI=1S/C14H23ClN2O2S/c1-5-16-9-12-6-7-13(15)14(8-12)20(18,19)17(4)10-11(2)3/h6-8,11,16H,5,9-10H2,1-4H3. The van der Waals surface area contributed by atoms with Gasteiger partial charge in [-0.1, -0.05) is 38.4 Å². The largest absolute Gasteiger partial charge is 0.313 e. The van der Waals surface area contributed by atoms with Gasteiger partial charge in [-0.15, -0.1) is 0 Å². The minimum Gasteiger partial charge on any atom is -0.313 e. The van der Waals surface area contributed by atoms with E-state index in [0.717, 1.165) is 12.1 Å². The number of hydrogen-bond donors (Lipinski definition) is 1. The summed E-state index contributed by atoms with van der Waals surface area (Å²) in [6.45, 7) is 7.90. The number of sulfonamides is 1. The Labute approximate surface area is 127 Å². The normalized spacial score (nSPS) is 12.3. The van der Waals surface area contributed by atoms with Crippen LogP contribution in [0.3, 0.4) is 0 Å². The molecule has 1 rings (SSSR count). The van der Waals surface area contributed by atoms with Gasteiger partial charge in [0.05, 0.1) is 5.02 Å². The van der Waals surface area contributed by atoms with Crippen molar-refractivity contribution in [2.24, 2.45) is 5.92 Å². The van der Waals surface area contributed by atoms with Gasteiger partial charge in [0.15, 0.2) is 0 Å². The van der Waals surface area contributed by atoms with E-state index in [4.69, 9.17) is 11.6 Å². The molecule has 0 aromatic heterocycles. The molecule has 0 aliphatic heterocycles. The third-order valence-electron chi connectivity index (χ3n) is 2.89. The minimum absolute atomic E-state index is 0.178. The highest BCUT2D eigenvalue weighted by Crippen LogP contribution is 2.25. The lowest BCUT2D eigenvalue weighted by atomic mass is 10.2. The molecular weight excluding hydrogens is 296 g/mol. The van der Waals surface area contributed by atoms with Crippen molar-refractivity contribution in [2.45, 2.75) is 32.2 Å². The van der Waals surface area contributed by atoms with Crippen LogP contribution in [0.15, 0.2) is 23.1 Å². The molecular formula is C14H23ClN2O2S. The van der Waals surface area contributed by atoms with E-state index in [1.54, 1.807) is 19.2 Å². The Morgan fingerprint density at radius 3 is 2.55 bits per heavy atom. The number of benzene rings is 1. The molecule has 0 amide bonds. The van der Waals surface area contributed by atoms with E-state index in [1.807, 2.05) is 26.8 Å². The summed E-state index contributed by atoms with van der Waals surface area (Å²) in [5, 5.41) is 3.44. The van der Waals surface area contributed by atoms with Gasteiger partial charge in [0.1, 0.15) is 4.90 Å². The van der Waals surface area contributed by atoms with Crippen molar-refractivity contribution >= 4 is 21.6 Å². The zero-order chi connectivity index (χ0) is 15.3. The second-order valence-electron chi connectivity index (χ2n) is 5.22. The van der Waals surface area contributed by atoms with Gasteiger partial charge in [0, 0.05) is 20.1 Å². The summed E-state index contributed by atoms with van der Waals surface area (Å²) < 4.78 is 26.4. The molecule has 0 aliphatic rings. The van der Waals surface area contributed by atoms with Gasteiger partial charge < -0.3 is 5.32 Å². The van der Waals surface area contributed by atoms with Crippen molar-refractivity contribution in [3.63, 3.8) is 0 Å². The zero-order valence-corrected chi connectivity index (χ0v) is 14.1. The van der Waals surface area contributed by atoms with Crippen molar-refractivity contribution in [2.75, 3.05) is 20.1 Å². The van der Waals surface area contributed by atoms with Crippen LogP contribution in [0.1, 0.15) is 26.3 Å². The molecule has 20 heavy (non-hydrogen) atoms. The summed E-state index contributed by atoms with van der Waals surface area (Å²) in [7, 11) is -1.95. The maximum Gasteiger partial charge on any atom is 0.244 e. The van der Waals surface area contributed by atoms with E-state index < -0.39 is 10.0 Å². The van der Waals surface area contributed by atoms with Gasteiger partial charge in [-0.2, -0.15) is 0 Å². The Morgan fingerprint density at radius 2 is 2.00 bits per heavy atom. The third-order valence-corrected chi connectivity index (χ3v) is 5.19. The number of halogens is 1. The van der Waals surface area contributed by atoms with E-state index >= 15 is 0 Å². The first kappa shape index (κ1) is 17.4. The molecule has 0 saturated heterocycles. The van der Waals surface area contributed by atoms with Crippen LogP contribution in [0.25, 0.3) is 0 Å². The predicted molar refractivity (Wildman–Crippen MR) is 83.5 cm³/mol. The molecule has 0 radical (unpaired) electrons. The topological polar surface area (TPSA) is 49.4 Å². The second kappa shape index (κ2) is 7.41. The van der Waals surface area contributed by atoms with Crippen molar-refractivity contribution < 1.29 is 8.42 Å². The molecule has 4 nitrogen and oxygen atoms in total. The Bertz CT molecular complexity index is 544. The summed E-state index contributed by atoms with van der Waals surface area (Å²) in [5.41, 5.74) is 0.910. The van der Waals surface area contributed by atoms with E-state index in [9.17, 15) is 8.42 Å². The van der Waals surface area contributed by atoms with E-state index in [2.05, 4.69) is 5.32 Å². The fourth-order valence-electron chi connectivity index (χ4n) is 1.90. The van der Waals surface area contributed by atoms with Crippen LogP contribution < -0.4 is 5.32 Å². The quantitative estimate of drug-likeness (QED) is 0.841. The monoisotopic (exact) mass is 318 g/mol. The smallest absolute Gasteiger partial charge is 0.244 e. The first-order chi connectivity index (χ1) is 9.28. The minimum atomic E-state index is -3.54. The average molecular weight is 319 g/mol. The first-order valence-electron chi connectivity index (χ1n) is 6.74. The zero-order valence-electron chi connectivity index (χ0n) is 12.5. The second-order valence-corrected chi connectivity index (χ2v) is 7.64. The Hall–Kier alpha value is -0.620. The van der Waals surface area contributed by atoms with Gasteiger partial charge in [-0.25, -0.2) is 12.7 Å². The van der Waals surface area contributed by atoms with Crippen molar-refractivity contribution in [3.05, 3.63) is 28.8 Å². The number of nitrogens with one attached hydrogen (secondary N) is 1. The molecule has 6 heteroatoms. The molecule has 0 aliphatic carbocycles. The van der Waals surface area contributed by atoms with Crippen LogP contribution in [-0.2, 0) is 16.6 Å². The summed E-state index contributed by atoms with van der Waals surface area (Å²) in [4.78, 5) is 0.178. The van der Waals surface area contributed by atoms with Gasteiger partial charge in [0.2, 0.25) is 10.0 Å². The molecule has 0 unspecified atom stereocenters. The molecule has 0 atom stereocenters. The van der Waals surface area contributed by atoms with E-state index in [0.29, 0.717) is 13.1 Å². The molecule has 0 heterocycles. The highest BCUT2D eigenvalue weighted by atomic mass is 35.5. The van der Waals surface area contributed by atoms with Crippen LogP contribution in [0.2, 0.25) is 5.02 Å². The van der Waals surface area contributed by atoms with Gasteiger partial charge in [-0.05, 0) is 30.2 Å². The van der Waals surface area contributed by atoms with Crippen LogP contribution in [-0.4, -0.2) is 32.9 Å². The molecule has 114 valence electrons. The van der Waals surface area contributed by atoms with Crippen molar-refractivity contribution in [1.29, 1.82) is 0 Å². The van der Waals surface area contributed by atoms with Gasteiger partial charge in [0.25, 0.3) is 0 Å². The molecule has 0 saturated carbocycles. The van der Waals surface area contributed by atoms with Crippen LogP contribution in [0.5, 0.6) is 0 Å². The average Bonchev–Trinajstić information content (AvgIpc) is 2.36. The maximum absolute atomic E-state index is 12.5. The van der Waals surface area contributed by atoms with Crippen molar-refractivity contribution in [1.82, 2.24) is 9.62 Å². The van der Waals surface area contributed by atoms with Gasteiger partial charge >= 0.3 is 0 Å².